The molecule has 0 radical (unpaired) electrons. The highest BCUT2D eigenvalue weighted by molar-refractivity contribution is 5.94. The average molecular weight is 250 g/mol. The van der Waals surface area contributed by atoms with Crippen LogP contribution in [-0.2, 0) is 25.7 Å². The van der Waals surface area contributed by atoms with Gasteiger partial charge in [-0.25, -0.2) is 0 Å². The van der Waals surface area contributed by atoms with Crippen LogP contribution in [0.15, 0.2) is 30.3 Å². The Bertz CT molecular complexity index is 386. The summed E-state index contributed by atoms with van der Waals surface area (Å²) < 4.78 is 9.94. The summed E-state index contributed by atoms with van der Waals surface area (Å²) in [7, 11) is 0. The molecule has 1 aromatic carbocycles. The lowest BCUT2D eigenvalue weighted by atomic mass is 10.1. The maximum absolute atomic E-state index is 11.7. The number of hydrogen-bond donors (Lipinski definition) is 0. The van der Waals surface area contributed by atoms with Gasteiger partial charge in [0.2, 0.25) is 0 Å². The summed E-state index contributed by atoms with van der Waals surface area (Å²) in [6.07, 6.45) is 0.381. The monoisotopic (exact) mass is 250 g/mol. The standard InChI is InChI=1S/C14H18O4/c1-3-12(13(15)17-4-2)14(16)18-10-11-8-6-5-7-9-11/h5-9,12H,3-4,10H2,1-2H3. The zero-order chi connectivity index (χ0) is 13.4. The molecule has 1 unspecified atom stereocenters. The third-order valence-corrected chi connectivity index (χ3v) is 2.49. The second-order valence-electron chi connectivity index (χ2n) is 3.81. The third kappa shape index (κ3) is 4.20. The molecule has 0 aliphatic heterocycles. The van der Waals surface area contributed by atoms with Gasteiger partial charge in [0.05, 0.1) is 6.61 Å². The van der Waals surface area contributed by atoms with Crippen LogP contribution < -0.4 is 0 Å². The number of carbonyl (C=O) groups is 2. The highest BCUT2D eigenvalue weighted by Gasteiger charge is 2.27. The van der Waals surface area contributed by atoms with Crippen LogP contribution in [0.3, 0.4) is 0 Å². The van der Waals surface area contributed by atoms with Gasteiger partial charge >= 0.3 is 11.9 Å². The van der Waals surface area contributed by atoms with Crippen molar-refractivity contribution in [3.05, 3.63) is 35.9 Å². The van der Waals surface area contributed by atoms with Crippen molar-refractivity contribution in [3.63, 3.8) is 0 Å². The van der Waals surface area contributed by atoms with E-state index in [9.17, 15) is 9.59 Å². The summed E-state index contributed by atoms with van der Waals surface area (Å²) in [5.41, 5.74) is 0.893. The number of hydrogen-bond acceptors (Lipinski definition) is 4. The van der Waals surface area contributed by atoms with Gasteiger partial charge in [-0.05, 0) is 18.9 Å². The quantitative estimate of drug-likeness (QED) is 0.574. The van der Waals surface area contributed by atoms with E-state index < -0.39 is 17.9 Å². The van der Waals surface area contributed by atoms with Crippen LogP contribution in [0.1, 0.15) is 25.8 Å². The van der Waals surface area contributed by atoms with Crippen molar-refractivity contribution in [2.75, 3.05) is 6.61 Å². The van der Waals surface area contributed by atoms with E-state index in [0.717, 1.165) is 5.56 Å². The molecule has 1 rings (SSSR count). The highest BCUT2D eigenvalue weighted by Crippen LogP contribution is 2.10. The second kappa shape index (κ2) is 7.48. The molecule has 0 bridgehead atoms. The molecule has 4 nitrogen and oxygen atoms in total. The van der Waals surface area contributed by atoms with Gasteiger partial charge in [0, 0.05) is 0 Å². The van der Waals surface area contributed by atoms with Crippen LogP contribution in [0, 0.1) is 5.92 Å². The lowest BCUT2D eigenvalue weighted by Crippen LogP contribution is -2.27. The second-order valence-corrected chi connectivity index (χ2v) is 3.81. The Hall–Kier alpha value is -1.84. The molecule has 0 saturated carbocycles. The summed E-state index contributed by atoms with van der Waals surface area (Å²) in [6.45, 7) is 3.90. The van der Waals surface area contributed by atoms with E-state index in [-0.39, 0.29) is 13.2 Å². The fraction of sp³-hybridized carbons (Fsp3) is 0.429. The molecule has 4 heteroatoms. The van der Waals surface area contributed by atoms with Crippen LogP contribution in [-0.4, -0.2) is 18.5 Å². The van der Waals surface area contributed by atoms with Crippen LogP contribution >= 0.6 is 0 Å². The van der Waals surface area contributed by atoms with Crippen molar-refractivity contribution in [2.24, 2.45) is 5.92 Å². The normalized spacial score (nSPS) is 11.7. The van der Waals surface area contributed by atoms with Crippen molar-refractivity contribution >= 4 is 11.9 Å². The fourth-order valence-electron chi connectivity index (χ4n) is 1.50. The Labute approximate surface area is 107 Å². The molecule has 0 aliphatic carbocycles. The Morgan fingerprint density at radius 3 is 2.22 bits per heavy atom. The number of carbonyl (C=O) groups excluding carboxylic acids is 2. The van der Waals surface area contributed by atoms with E-state index in [1.807, 2.05) is 30.3 Å². The van der Waals surface area contributed by atoms with Gasteiger partial charge in [-0.2, -0.15) is 0 Å². The molecule has 0 fully saturated rings. The maximum Gasteiger partial charge on any atom is 0.320 e. The van der Waals surface area contributed by atoms with Crippen molar-refractivity contribution in [3.8, 4) is 0 Å². The first-order chi connectivity index (χ1) is 8.69. The van der Waals surface area contributed by atoms with Crippen molar-refractivity contribution in [1.29, 1.82) is 0 Å². The lowest BCUT2D eigenvalue weighted by molar-refractivity contribution is -0.162. The first-order valence-electron chi connectivity index (χ1n) is 6.06. The summed E-state index contributed by atoms with van der Waals surface area (Å²) in [5.74, 6) is -1.87. The third-order valence-electron chi connectivity index (χ3n) is 2.49. The molecule has 0 spiro atoms. The molecule has 18 heavy (non-hydrogen) atoms. The van der Waals surface area contributed by atoms with Gasteiger partial charge in [-0.15, -0.1) is 0 Å². The molecule has 98 valence electrons. The van der Waals surface area contributed by atoms with Crippen molar-refractivity contribution in [1.82, 2.24) is 0 Å². The molecule has 0 saturated heterocycles. The van der Waals surface area contributed by atoms with Gasteiger partial charge < -0.3 is 9.47 Å². The lowest BCUT2D eigenvalue weighted by Gasteiger charge is -2.12. The molecule has 0 heterocycles. The Balaban J connectivity index is 2.50. The molecule has 0 amide bonds. The molecule has 1 aromatic rings. The number of rotatable bonds is 6. The van der Waals surface area contributed by atoms with Crippen molar-refractivity contribution < 1.29 is 19.1 Å². The smallest absolute Gasteiger partial charge is 0.320 e. The summed E-state index contributed by atoms with van der Waals surface area (Å²) in [5, 5.41) is 0. The van der Waals surface area contributed by atoms with E-state index in [1.165, 1.54) is 0 Å². The predicted molar refractivity (Wildman–Crippen MR) is 66.7 cm³/mol. The molecular formula is C14H18O4. The van der Waals surface area contributed by atoms with Gasteiger partial charge in [0.1, 0.15) is 6.61 Å². The zero-order valence-electron chi connectivity index (χ0n) is 10.7. The molecule has 0 aliphatic rings. The van der Waals surface area contributed by atoms with Gasteiger partial charge in [0.25, 0.3) is 0 Å². The summed E-state index contributed by atoms with van der Waals surface area (Å²) in [6, 6.07) is 9.34. The van der Waals surface area contributed by atoms with Crippen molar-refractivity contribution in [2.45, 2.75) is 26.9 Å². The summed E-state index contributed by atoms with van der Waals surface area (Å²) >= 11 is 0. The average Bonchev–Trinajstić information content (AvgIpc) is 2.39. The number of benzene rings is 1. The maximum atomic E-state index is 11.7. The highest BCUT2D eigenvalue weighted by atomic mass is 16.6. The minimum Gasteiger partial charge on any atom is -0.465 e. The van der Waals surface area contributed by atoms with Crippen LogP contribution in [0.25, 0.3) is 0 Å². The fourth-order valence-corrected chi connectivity index (χ4v) is 1.50. The SMILES string of the molecule is CCOC(=O)C(CC)C(=O)OCc1ccccc1. The topological polar surface area (TPSA) is 52.6 Å². The first kappa shape index (κ1) is 14.2. The van der Waals surface area contributed by atoms with E-state index in [0.29, 0.717) is 6.42 Å². The largest absolute Gasteiger partial charge is 0.465 e. The Kier molecular flexibility index (Phi) is 5.91. The molecule has 0 N–H and O–H groups in total. The van der Waals surface area contributed by atoms with E-state index in [2.05, 4.69) is 0 Å². The van der Waals surface area contributed by atoms with Gasteiger partial charge in [-0.1, -0.05) is 37.3 Å². The molecular weight excluding hydrogens is 232 g/mol. The van der Waals surface area contributed by atoms with Gasteiger partial charge in [-0.3, -0.25) is 9.59 Å². The van der Waals surface area contributed by atoms with Crippen LogP contribution in [0.2, 0.25) is 0 Å². The van der Waals surface area contributed by atoms with Crippen LogP contribution in [0.5, 0.6) is 0 Å². The molecule has 1 atom stereocenters. The minimum atomic E-state index is -0.825. The summed E-state index contributed by atoms with van der Waals surface area (Å²) in [4.78, 5) is 23.2. The Morgan fingerprint density at radius 2 is 1.67 bits per heavy atom. The zero-order valence-corrected chi connectivity index (χ0v) is 10.7. The number of esters is 2. The van der Waals surface area contributed by atoms with E-state index >= 15 is 0 Å². The predicted octanol–water partition coefficient (Wildman–Crippen LogP) is 2.32. The van der Waals surface area contributed by atoms with E-state index in [1.54, 1.807) is 13.8 Å². The van der Waals surface area contributed by atoms with Gasteiger partial charge in [0.15, 0.2) is 5.92 Å². The molecule has 0 aromatic heterocycles. The minimum absolute atomic E-state index is 0.176. The van der Waals surface area contributed by atoms with Crippen LogP contribution in [0.4, 0.5) is 0 Å². The van der Waals surface area contributed by atoms with E-state index in [4.69, 9.17) is 9.47 Å². The Morgan fingerprint density at radius 1 is 1.06 bits per heavy atom. The number of ether oxygens (including phenoxy) is 2. The first-order valence-corrected chi connectivity index (χ1v) is 6.06.